The molecule has 5 heavy (non-hydrogen) atoms. The van der Waals surface area contributed by atoms with Crippen molar-refractivity contribution in [1.82, 2.24) is 0 Å². The van der Waals surface area contributed by atoms with E-state index in [0.717, 1.165) is 0 Å². The lowest BCUT2D eigenvalue weighted by molar-refractivity contribution is -0.127. The second kappa shape index (κ2) is 0.954. The first kappa shape index (κ1) is 4.92. The summed E-state index contributed by atoms with van der Waals surface area (Å²) in [6, 6.07) is 0. The number of rotatable bonds is 0. The highest BCUT2D eigenvalue weighted by atomic mass is 16.5. The van der Waals surface area contributed by atoms with E-state index in [-0.39, 0.29) is 0 Å². The minimum atomic E-state index is -1.50. The van der Waals surface area contributed by atoms with Gasteiger partial charge in [-0.05, 0) is 13.8 Å². The largest absolute Gasteiger partial charge is 0.366 e. The molecule has 2 nitrogen and oxygen atoms in total. The molecule has 0 atom stereocenters. The number of aliphatic hydroxyl groups is 2. The summed E-state index contributed by atoms with van der Waals surface area (Å²) in [4.78, 5) is 0. The van der Waals surface area contributed by atoms with Gasteiger partial charge in [-0.1, -0.05) is 0 Å². The average molecular weight is 76.1 g/mol. The minimum Gasteiger partial charge on any atom is -0.366 e. The third kappa shape index (κ3) is 2260. The Morgan fingerprint density at radius 3 is 1.20 bits per heavy atom. The maximum absolute atomic E-state index is 8.08. The predicted octanol–water partition coefficient (Wildman–Crippen LogP) is -0.293. The van der Waals surface area contributed by atoms with E-state index in [4.69, 9.17) is 10.2 Å². The Labute approximate surface area is 31.1 Å². The van der Waals surface area contributed by atoms with Crippen LogP contribution in [0.5, 0.6) is 0 Å². The average Bonchev–Trinajstić information content (AvgIpc) is 0.722. The third-order valence-corrected chi connectivity index (χ3v) is 0. The van der Waals surface area contributed by atoms with E-state index in [1.165, 1.54) is 13.8 Å². The Kier molecular flexibility index (Phi) is 0.938. The molecule has 0 rings (SSSR count). The van der Waals surface area contributed by atoms with Gasteiger partial charge in [-0.25, -0.2) is 0 Å². The Bertz CT molecular complexity index is 20.4. The quantitative estimate of drug-likeness (QED) is 0.389. The van der Waals surface area contributed by atoms with E-state index in [9.17, 15) is 0 Å². The highest BCUT2D eigenvalue weighted by Gasteiger charge is 2.00. The first-order chi connectivity index (χ1) is 2.00. The van der Waals surface area contributed by atoms with Gasteiger partial charge >= 0.3 is 0 Å². The molecule has 0 fully saturated rings. The number of hydrogen-bond acceptors (Lipinski definition) is 2. The van der Waals surface area contributed by atoms with Crippen LogP contribution in [0.3, 0.4) is 0 Å². The van der Waals surface area contributed by atoms with E-state index in [1.807, 2.05) is 0 Å². The fourth-order valence-electron chi connectivity index (χ4n) is 0. The summed E-state index contributed by atoms with van der Waals surface area (Å²) < 4.78 is 0. The molecule has 0 aromatic rings. The van der Waals surface area contributed by atoms with Crippen molar-refractivity contribution >= 4 is 0 Å². The zero-order valence-electron chi connectivity index (χ0n) is 3.39. The molecule has 0 heterocycles. The van der Waals surface area contributed by atoms with Crippen molar-refractivity contribution in [3.63, 3.8) is 0 Å². The van der Waals surface area contributed by atoms with Crippen molar-refractivity contribution in [2.45, 2.75) is 19.6 Å². The second-order valence-electron chi connectivity index (χ2n) is 1.49. The first-order valence-electron chi connectivity index (χ1n) is 1.45. The first-order valence-corrected chi connectivity index (χ1v) is 1.45. The summed E-state index contributed by atoms with van der Waals surface area (Å²) in [5.74, 6) is -1.50. The van der Waals surface area contributed by atoms with Gasteiger partial charge in [0, 0.05) is 0 Å². The van der Waals surface area contributed by atoms with E-state index in [0.29, 0.717) is 0 Å². The van der Waals surface area contributed by atoms with Crippen LogP contribution in [0.15, 0.2) is 0 Å². The van der Waals surface area contributed by atoms with Gasteiger partial charge in [0.15, 0.2) is 5.79 Å². The van der Waals surface area contributed by atoms with Crippen LogP contribution in [0.1, 0.15) is 13.8 Å². The zero-order chi connectivity index (χ0) is 4.50. The Morgan fingerprint density at radius 1 is 1.20 bits per heavy atom. The summed E-state index contributed by atoms with van der Waals surface area (Å²) in [6.45, 7) is 2.60. The molecule has 0 radical (unpaired) electrons. The molecule has 0 saturated heterocycles. The Morgan fingerprint density at radius 2 is 1.20 bits per heavy atom. The van der Waals surface area contributed by atoms with Crippen molar-refractivity contribution in [2.24, 2.45) is 0 Å². The second-order valence-corrected chi connectivity index (χ2v) is 1.49. The van der Waals surface area contributed by atoms with Crippen LogP contribution in [-0.2, 0) is 0 Å². The van der Waals surface area contributed by atoms with Crippen LogP contribution in [0, 0.1) is 0 Å². The van der Waals surface area contributed by atoms with Crippen LogP contribution >= 0.6 is 0 Å². The lowest BCUT2D eigenvalue weighted by Crippen LogP contribution is -2.15. The molecule has 0 bridgehead atoms. The molecule has 0 unspecified atom stereocenters. The van der Waals surface area contributed by atoms with Crippen LogP contribution in [0.2, 0.25) is 0 Å². The predicted molar refractivity (Wildman–Crippen MR) is 18.5 cm³/mol. The highest BCUT2D eigenvalue weighted by Crippen LogP contribution is 1.88. The normalized spacial score (nSPS) is 12.0. The third-order valence-electron chi connectivity index (χ3n) is 0. The fraction of sp³-hybridized carbons (Fsp3) is 1.00. The summed E-state index contributed by atoms with van der Waals surface area (Å²) in [6.07, 6.45) is 0. The van der Waals surface area contributed by atoms with Gasteiger partial charge in [0.05, 0.1) is 0 Å². The SMILES string of the molecule is CC(C)(O)O. The van der Waals surface area contributed by atoms with Crippen molar-refractivity contribution < 1.29 is 10.2 Å². The highest BCUT2D eigenvalue weighted by molar-refractivity contribution is 4.37. The summed E-state index contributed by atoms with van der Waals surface area (Å²) >= 11 is 0. The molecule has 0 aliphatic rings. The summed E-state index contributed by atoms with van der Waals surface area (Å²) in [5, 5.41) is 16.2. The molecule has 0 aromatic heterocycles. The van der Waals surface area contributed by atoms with Crippen LogP contribution in [0.4, 0.5) is 0 Å². The van der Waals surface area contributed by atoms with Crippen molar-refractivity contribution in [3.05, 3.63) is 0 Å². The van der Waals surface area contributed by atoms with Gasteiger partial charge in [0.25, 0.3) is 0 Å². The molecule has 0 spiro atoms. The molecule has 2 N–H and O–H groups in total. The topological polar surface area (TPSA) is 40.5 Å². The molecule has 0 amide bonds. The van der Waals surface area contributed by atoms with Crippen LogP contribution in [-0.4, -0.2) is 16.0 Å². The molecule has 0 aromatic carbocycles. The van der Waals surface area contributed by atoms with E-state index in [2.05, 4.69) is 0 Å². The van der Waals surface area contributed by atoms with Gasteiger partial charge < -0.3 is 10.2 Å². The summed E-state index contributed by atoms with van der Waals surface area (Å²) in [5.41, 5.74) is 0. The lowest BCUT2D eigenvalue weighted by Gasteiger charge is -2.03. The van der Waals surface area contributed by atoms with Gasteiger partial charge in [0.1, 0.15) is 0 Å². The molecule has 0 aliphatic carbocycles. The molecule has 0 saturated carbocycles. The molecule has 0 aliphatic heterocycles. The maximum atomic E-state index is 8.08. The van der Waals surface area contributed by atoms with Gasteiger partial charge in [-0.3, -0.25) is 0 Å². The van der Waals surface area contributed by atoms with Crippen LogP contribution < -0.4 is 0 Å². The Balaban J connectivity index is 3.02. The zero-order valence-corrected chi connectivity index (χ0v) is 3.39. The van der Waals surface area contributed by atoms with Gasteiger partial charge in [-0.2, -0.15) is 0 Å². The van der Waals surface area contributed by atoms with Gasteiger partial charge in [0.2, 0.25) is 0 Å². The lowest BCUT2D eigenvalue weighted by atomic mass is 10.4. The molecule has 32 valence electrons. The standard InChI is InChI=1S/C3H8O2/c1-3(2,4)5/h4-5H,1-2H3. The number of hydrogen-bond donors (Lipinski definition) is 2. The molecule has 2 heteroatoms. The van der Waals surface area contributed by atoms with E-state index in [1.54, 1.807) is 0 Å². The maximum Gasteiger partial charge on any atom is 0.156 e. The fourth-order valence-corrected chi connectivity index (χ4v) is 0. The monoisotopic (exact) mass is 76.1 g/mol. The molecular formula is C3H8O2. The smallest absolute Gasteiger partial charge is 0.156 e. The van der Waals surface area contributed by atoms with Crippen molar-refractivity contribution in [2.75, 3.05) is 0 Å². The van der Waals surface area contributed by atoms with E-state index >= 15 is 0 Å². The minimum absolute atomic E-state index is 1.30. The summed E-state index contributed by atoms with van der Waals surface area (Å²) in [7, 11) is 0. The van der Waals surface area contributed by atoms with E-state index < -0.39 is 5.79 Å². The van der Waals surface area contributed by atoms with Crippen molar-refractivity contribution in [1.29, 1.82) is 0 Å². The van der Waals surface area contributed by atoms with Crippen molar-refractivity contribution in [3.8, 4) is 0 Å². The van der Waals surface area contributed by atoms with Gasteiger partial charge in [-0.15, -0.1) is 0 Å². The van der Waals surface area contributed by atoms with Crippen LogP contribution in [0.25, 0.3) is 0 Å². The molecular weight excluding hydrogens is 68.0 g/mol. The Hall–Kier alpha value is -0.0800.